The molecule has 8 nitrogen and oxygen atoms in total. The van der Waals surface area contributed by atoms with Crippen LogP contribution in [-0.2, 0) is 18.4 Å². The molecule has 0 aromatic heterocycles. The lowest BCUT2D eigenvalue weighted by atomic mass is 10.0. The Morgan fingerprint density at radius 1 is 0.456 bits per heavy atom. The highest BCUT2D eigenvalue weighted by Crippen LogP contribution is 2.38. The predicted octanol–water partition coefficient (Wildman–Crippen LogP) is 20.8. The van der Waals surface area contributed by atoms with E-state index in [0.29, 0.717) is 17.4 Å². The number of nitrogens with one attached hydrogen (secondary N) is 1. The fourth-order valence-corrected chi connectivity index (χ4v) is 10.7. The Kier molecular flexibility index (Phi) is 59.0. The first-order valence-electron chi connectivity index (χ1n) is 33.8. The van der Waals surface area contributed by atoms with Crippen LogP contribution >= 0.6 is 7.82 Å². The highest BCUT2D eigenvalue weighted by molar-refractivity contribution is 7.45. The minimum absolute atomic E-state index is 0.00660. The normalized spacial score (nSPS) is 14.2. The number of carbonyl (C=O) groups excluding carboxylic acids is 1. The van der Waals surface area contributed by atoms with Crippen LogP contribution in [-0.4, -0.2) is 68.5 Å². The fraction of sp³-hybridized carbons (Fsp3) is 0.814. The molecule has 0 bridgehead atoms. The van der Waals surface area contributed by atoms with Crippen molar-refractivity contribution in [3.05, 3.63) is 72.9 Å². The van der Waals surface area contributed by atoms with Crippen molar-refractivity contribution < 1.29 is 32.9 Å². The number of hydrogen-bond acceptors (Lipinski definition) is 6. The molecule has 0 saturated carbocycles. The highest BCUT2D eigenvalue weighted by Gasteiger charge is 2.23. The molecule has 0 aliphatic heterocycles. The zero-order chi connectivity index (χ0) is 57.7. The lowest BCUT2D eigenvalue weighted by Gasteiger charge is -2.29. The van der Waals surface area contributed by atoms with E-state index in [1.54, 1.807) is 6.08 Å². The number of phosphoric acid groups is 1. The first-order chi connectivity index (χ1) is 38.5. The molecule has 3 atom stereocenters. The summed E-state index contributed by atoms with van der Waals surface area (Å²) in [7, 11) is 1.25. The van der Waals surface area contributed by atoms with Crippen LogP contribution in [0.5, 0.6) is 0 Å². The number of carbonyl (C=O) groups is 1. The van der Waals surface area contributed by atoms with Gasteiger partial charge in [0.15, 0.2) is 0 Å². The molecular weight excluding hydrogens is 996 g/mol. The van der Waals surface area contributed by atoms with Crippen LogP contribution in [0, 0.1) is 0 Å². The van der Waals surface area contributed by atoms with E-state index in [9.17, 15) is 19.4 Å². The van der Waals surface area contributed by atoms with Crippen molar-refractivity contribution in [2.75, 3.05) is 40.9 Å². The summed E-state index contributed by atoms with van der Waals surface area (Å²) in [6.45, 7) is 4.56. The van der Waals surface area contributed by atoms with Gasteiger partial charge >= 0.3 is 0 Å². The second-order valence-electron chi connectivity index (χ2n) is 24.1. The van der Waals surface area contributed by atoms with Gasteiger partial charge < -0.3 is 28.8 Å². The van der Waals surface area contributed by atoms with Gasteiger partial charge in [0, 0.05) is 6.42 Å². The number of allylic oxidation sites excluding steroid dienone is 11. The molecule has 0 aliphatic rings. The molecule has 0 heterocycles. The predicted molar refractivity (Wildman–Crippen MR) is 344 cm³/mol. The maximum absolute atomic E-state index is 13.0. The van der Waals surface area contributed by atoms with Gasteiger partial charge in [0.25, 0.3) is 7.82 Å². The van der Waals surface area contributed by atoms with Crippen LogP contribution < -0.4 is 10.2 Å². The first kappa shape index (κ1) is 76.9. The number of aliphatic hydroxyl groups excluding tert-OH is 1. The number of likely N-dealkylation sites (N-methyl/N-ethyl adjacent to an activating group) is 1. The van der Waals surface area contributed by atoms with E-state index in [1.165, 1.54) is 231 Å². The molecule has 2 N–H and O–H groups in total. The van der Waals surface area contributed by atoms with Gasteiger partial charge in [-0.05, 0) is 70.6 Å². The van der Waals surface area contributed by atoms with Gasteiger partial charge in [-0.15, -0.1) is 0 Å². The van der Waals surface area contributed by atoms with E-state index >= 15 is 0 Å². The third-order valence-corrected chi connectivity index (χ3v) is 16.1. The van der Waals surface area contributed by atoms with Crippen molar-refractivity contribution in [3.63, 3.8) is 0 Å². The molecule has 79 heavy (non-hydrogen) atoms. The van der Waals surface area contributed by atoms with Gasteiger partial charge in [0.1, 0.15) is 13.2 Å². The first-order valence-corrected chi connectivity index (χ1v) is 35.3. The van der Waals surface area contributed by atoms with Crippen molar-refractivity contribution in [1.82, 2.24) is 5.32 Å². The van der Waals surface area contributed by atoms with Gasteiger partial charge in [0.2, 0.25) is 5.91 Å². The molecule has 3 unspecified atom stereocenters. The maximum Gasteiger partial charge on any atom is 0.268 e. The summed E-state index contributed by atoms with van der Waals surface area (Å²) in [6.07, 6.45) is 84.5. The van der Waals surface area contributed by atoms with Gasteiger partial charge in [-0.25, -0.2) is 0 Å². The molecule has 462 valence electrons. The minimum atomic E-state index is -4.61. The molecule has 0 fully saturated rings. The third kappa shape index (κ3) is 63.4. The molecule has 0 rings (SSSR count). The molecule has 1 amide bonds. The Balaban J connectivity index is 4.08. The average Bonchev–Trinajstić information content (AvgIpc) is 3.42. The van der Waals surface area contributed by atoms with Gasteiger partial charge in [-0.3, -0.25) is 9.36 Å². The van der Waals surface area contributed by atoms with Crippen molar-refractivity contribution >= 4 is 13.7 Å². The van der Waals surface area contributed by atoms with Crippen LogP contribution in [0.1, 0.15) is 316 Å². The molecule has 0 spiro atoms. The largest absolute Gasteiger partial charge is 0.756 e. The van der Waals surface area contributed by atoms with Gasteiger partial charge in [-0.2, -0.15) is 0 Å². The summed E-state index contributed by atoms with van der Waals surface area (Å²) in [4.78, 5) is 25.6. The number of nitrogens with zero attached hydrogens (tertiary/aromatic N) is 1. The van der Waals surface area contributed by atoms with E-state index in [4.69, 9.17) is 9.05 Å². The molecule has 0 aromatic rings. The molecule has 0 aliphatic carbocycles. The average molecular weight is 1130 g/mol. The number of phosphoric ester groups is 1. The van der Waals surface area contributed by atoms with E-state index in [-0.39, 0.29) is 12.5 Å². The Morgan fingerprint density at radius 2 is 0.785 bits per heavy atom. The van der Waals surface area contributed by atoms with E-state index in [0.717, 1.165) is 64.2 Å². The number of unbranched alkanes of at least 4 members (excludes halogenated alkanes) is 39. The second-order valence-corrected chi connectivity index (χ2v) is 25.6. The van der Waals surface area contributed by atoms with Crippen molar-refractivity contribution in [1.29, 1.82) is 0 Å². The summed E-state index contributed by atoms with van der Waals surface area (Å²) in [5.74, 6) is -0.203. The number of hydrogen-bond donors (Lipinski definition) is 2. The topological polar surface area (TPSA) is 108 Å². The summed E-state index contributed by atoms with van der Waals surface area (Å²) >= 11 is 0. The van der Waals surface area contributed by atoms with Crippen LogP contribution in [0.3, 0.4) is 0 Å². The smallest absolute Gasteiger partial charge is 0.268 e. The lowest BCUT2D eigenvalue weighted by Crippen LogP contribution is -2.45. The van der Waals surface area contributed by atoms with Crippen LogP contribution in [0.15, 0.2) is 72.9 Å². The van der Waals surface area contributed by atoms with E-state index < -0.39 is 26.6 Å². The van der Waals surface area contributed by atoms with Crippen molar-refractivity contribution in [2.24, 2.45) is 0 Å². The van der Waals surface area contributed by atoms with Crippen LogP contribution in [0.2, 0.25) is 0 Å². The fourth-order valence-electron chi connectivity index (χ4n) is 9.93. The lowest BCUT2D eigenvalue weighted by molar-refractivity contribution is -0.870. The van der Waals surface area contributed by atoms with E-state index in [2.05, 4.69) is 79.9 Å². The van der Waals surface area contributed by atoms with Crippen LogP contribution in [0.4, 0.5) is 0 Å². The molecule has 0 saturated heterocycles. The number of quaternary nitrogens is 1. The standard InChI is InChI=1S/C70H131N2O6P/c1-6-8-10-12-14-16-18-20-22-24-26-28-30-32-33-34-35-36-37-38-39-40-42-44-46-48-50-52-54-56-58-60-62-64-70(74)71-68(67-78-79(75,76)77-66-65-72(3,4)5)69(73)63-61-59-57-55-53-51-49-47-45-43-41-31-29-27-25-23-21-19-17-15-13-11-9-7-2/h8,10,14,16,20,22,26,28,53,55,61,63,68-69,73H,6-7,9,11-13,15,17-19,21,23-25,27,29-52,54,56-60,62,64-67H2,1-5H3,(H-,71,74,75,76)/b10-8-,16-14-,22-20-,28-26-,55-53+,63-61+. The number of aliphatic hydroxyl groups is 1. The van der Waals surface area contributed by atoms with Gasteiger partial charge in [0.05, 0.1) is 39.9 Å². The highest BCUT2D eigenvalue weighted by atomic mass is 31.2. The number of rotatable bonds is 62. The summed E-state index contributed by atoms with van der Waals surface area (Å²) in [5.41, 5.74) is 0. The van der Waals surface area contributed by atoms with Crippen molar-refractivity contribution in [3.8, 4) is 0 Å². The molecule has 0 radical (unpaired) electrons. The summed E-state index contributed by atoms with van der Waals surface area (Å²) in [6, 6.07) is -0.906. The Bertz CT molecular complexity index is 1520. The Hall–Kier alpha value is -2.06. The maximum atomic E-state index is 13.0. The SMILES string of the molecule is CC/C=C\C/C=C\C/C=C\C/C=C\CCCCCCCCCCCCCCCCCCCCCCC(=O)NC(COP(=O)([O-])OCC[N+](C)(C)C)C(O)/C=C/CC/C=C/CCCCCCCCCCCCCCCCCCCC. The Morgan fingerprint density at radius 3 is 1.18 bits per heavy atom. The number of amides is 1. The van der Waals surface area contributed by atoms with Crippen molar-refractivity contribution in [2.45, 2.75) is 328 Å². The van der Waals surface area contributed by atoms with E-state index in [1.807, 2.05) is 27.2 Å². The van der Waals surface area contributed by atoms with Crippen LogP contribution in [0.25, 0.3) is 0 Å². The monoisotopic (exact) mass is 1130 g/mol. The van der Waals surface area contributed by atoms with Gasteiger partial charge in [-0.1, -0.05) is 311 Å². The third-order valence-electron chi connectivity index (χ3n) is 15.2. The zero-order valence-corrected chi connectivity index (χ0v) is 53.7. The quantitative estimate of drug-likeness (QED) is 0.0272. The molecule has 0 aromatic carbocycles. The Labute approximate surface area is 491 Å². The minimum Gasteiger partial charge on any atom is -0.756 e. The molecule has 9 heteroatoms. The zero-order valence-electron chi connectivity index (χ0n) is 52.8. The molecular formula is C70H131N2O6P. The summed E-state index contributed by atoms with van der Waals surface area (Å²) < 4.78 is 23.4. The second kappa shape index (κ2) is 60.5. The summed E-state index contributed by atoms with van der Waals surface area (Å²) in [5, 5.41) is 13.9.